The van der Waals surface area contributed by atoms with E-state index in [0.717, 1.165) is 16.5 Å². The number of hydrogen-bond donors (Lipinski definition) is 2. The quantitative estimate of drug-likeness (QED) is 0.638. The number of ether oxygens (including phenoxy) is 4. The number of methoxy groups -OCH3 is 3. The van der Waals surface area contributed by atoms with Gasteiger partial charge in [0.05, 0.1) is 34.0 Å². The maximum Gasteiger partial charge on any atom is 0.203 e. The zero-order valence-electron chi connectivity index (χ0n) is 15.9. The first-order chi connectivity index (χ1) is 13.6. The van der Waals surface area contributed by atoms with Gasteiger partial charge in [-0.05, 0) is 35.2 Å². The number of carbonyl (C=O) groups is 1. The Labute approximate surface area is 162 Å². The van der Waals surface area contributed by atoms with Crippen molar-refractivity contribution in [3.05, 3.63) is 53.7 Å². The minimum absolute atomic E-state index is 0.0947. The number of carbonyl (C=O) groups excluding carboxylic acids is 1. The Kier molecular flexibility index (Phi) is 4.93. The fraction of sp³-hybridized carbons (Fsp3) is 0.286. The molecule has 1 aliphatic heterocycles. The number of nitrogens with one attached hydrogen (secondary N) is 2. The predicted octanol–water partition coefficient (Wildman–Crippen LogP) is 3.06. The molecule has 3 aromatic rings. The molecule has 2 aromatic carbocycles. The van der Waals surface area contributed by atoms with Crippen LogP contribution in [0.2, 0.25) is 0 Å². The second kappa shape index (κ2) is 7.53. The zero-order valence-corrected chi connectivity index (χ0v) is 15.9. The zero-order chi connectivity index (χ0) is 19.7. The minimum atomic E-state index is -0.466. The van der Waals surface area contributed by atoms with Gasteiger partial charge in [-0.3, -0.25) is 10.1 Å². The highest BCUT2D eigenvalue weighted by Gasteiger charge is 2.32. The molecule has 2 atom stereocenters. The molecule has 0 saturated carbocycles. The van der Waals surface area contributed by atoms with Crippen molar-refractivity contribution in [1.29, 1.82) is 0 Å². The number of aromatic nitrogens is 1. The van der Waals surface area contributed by atoms with Crippen LogP contribution in [-0.4, -0.2) is 44.7 Å². The standard InChI is InChI=1S/C21H22N2O5/c1-25-17-9-14(10-18(26-2)20(17)27-3)19(24)16-11-28-21(23-16)13-5-4-12-6-7-22-15(12)8-13/h4-10,16,21-23H,11H2,1-3H3. The van der Waals surface area contributed by atoms with Crippen LogP contribution in [0.25, 0.3) is 10.9 Å². The Hall–Kier alpha value is -3.03. The molecule has 2 heterocycles. The molecule has 0 aliphatic carbocycles. The summed E-state index contributed by atoms with van der Waals surface area (Å²) in [6.07, 6.45) is 1.55. The Morgan fingerprint density at radius 1 is 1.04 bits per heavy atom. The van der Waals surface area contributed by atoms with E-state index in [0.29, 0.717) is 22.8 Å². The molecule has 0 spiro atoms. The number of H-pyrrole nitrogens is 1. The Morgan fingerprint density at radius 2 is 1.79 bits per heavy atom. The van der Waals surface area contributed by atoms with Gasteiger partial charge in [0.2, 0.25) is 5.75 Å². The summed E-state index contributed by atoms with van der Waals surface area (Å²) >= 11 is 0. The molecule has 0 amide bonds. The molecule has 2 unspecified atom stereocenters. The van der Waals surface area contributed by atoms with E-state index in [-0.39, 0.29) is 18.6 Å². The first-order valence-electron chi connectivity index (χ1n) is 8.93. The van der Waals surface area contributed by atoms with Gasteiger partial charge in [0.25, 0.3) is 0 Å². The van der Waals surface area contributed by atoms with E-state index in [4.69, 9.17) is 18.9 Å². The third-order valence-corrected chi connectivity index (χ3v) is 4.93. The van der Waals surface area contributed by atoms with Gasteiger partial charge in [0.1, 0.15) is 6.23 Å². The molecule has 7 nitrogen and oxygen atoms in total. The highest BCUT2D eigenvalue weighted by molar-refractivity contribution is 6.01. The van der Waals surface area contributed by atoms with Crippen LogP contribution in [0, 0.1) is 0 Å². The highest BCUT2D eigenvalue weighted by atomic mass is 16.5. The van der Waals surface area contributed by atoms with E-state index in [2.05, 4.69) is 10.3 Å². The van der Waals surface area contributed by atoms with E-state index in [1.165, 1.54) is 21.3 Å². The average Bonchev–Trinajstić information content (AvgIpc) is 3.40. The molecule has 1 fully saturated rings. The van der Waals surface area contributed by atoms with E-state index >= 15 is 0 Å². The van der Waals surface area contributed by atoms with E-state index < -0.39 is 6.04 Å². The maximum absolute atomic E-state index is 13.0. The van der Waals surface area contributed by atoms with Crippen molar-refractivity contribution in [3.8, 4) is 17.2 Å². The second-order valence-electron chi connectivity index (χ2n) is 6.54. The molecular weight excluding hydrogens is 360 g/mol. The van der Waals surface area contributed by atoms with Crippen molar-refractivity contribution in [2.75, 3.05) is 27.9 Å². The lowest BCUT2D eigenvalue weighted by Gasteiger charge is -2.15. The van der Waals surface area contributed by atoms with Crippen molar-refractivity contribution in [2.24, 2.45) is 0 Å². The van der Waals surface area contributed by atoms with E-state index in [9.17, 15) is 4.79 Å². The van der Waals surface area contributed by atoms with Crippen LogP contribution in [0.3, 0.4) is 0 Å². The third kappa shape index (κ3) is 3.19. The van der Waals surface area contributed by atoms with Crippen LogP contribution in [0.15, 0.2) is 42.6 Å². The molecule has 1 saturated heterocycles. The summed E-state index contributed by atoms with van der Waals surface area (Å²) in [5.74, 6) is 1.24. The van der Waals surface area contributed by atoms with Gasteiger partial charge in [-0.1, -0.05) is 12.1 Å². The largest absolute Gasteiger partial charge is 0.493 e. The predicted molar refractivity (Wildman–Crippen MR) is 104 cm³/mol. The molecular formula is C21H22N2O5. The monoisotopic (exact) mass is 382 g/mol. The molecule has 7 heteroatoms. The summed E-state index contributed by atoms with van der Waals surface area (Å²) in [4.78, 5) is 16.2. The topological polar surface area (TPSA) is 81.8 Å². The van der Waals surface area contributed by atoms with Crippen molar-refractivity contribution in [2.45, 2.75) is 12.3 Å². The summed E-state index contributed by atoms with van der Waals surface area (Å²) in [5, 5.41) is 4.40. The lowest BCUT2D eigenvalue weighted by molar-refractivity contribution is 0.0908. The fourth-order valence-electron chi connectivity index (χ4n) is 3.47. The number of aromatic amines is 1. The molecule has 28 heavy (non-hydrogen) atoms. The van der Waals surface area contributed by atoms with Crippen LogP contribution in [-0.2, 0) is 4.74 Å². The molecule has 146 valence electrons. The normalized spacial score (nSPS) is 19.0. The SMILES string of the molecule is COc1cc(C(=O)C2COC(c3ccc4cc[nH]c4c3)N2)cc(OC)c1OC. The van der Waals surface area contributed by atoms with Gasteiger partial charge < -0.3 is 23.9 Å². The van der Waals surface area contributed by atoms with Gasteiger partial charge in [0.15, 0.2) is 17.3 Å². The van der Waals surface area contributed by atoms with Gasteiger partial charge in [-0.15, -0.1) is 0 Å². The number of benzene rings is 2. The summed E-state index contributed by atoms with van der Waals surface area (Å²) in [7, 11) is 4.57. The first kappa shape index (κ1) is 18.3. The van der Waals surface area contributed by atoms with E-state index in [1.54, 1.807) is 12.1 Å². The number of rotatable bonds is 6. The maximum atomic E-state index is 13.0. The van der Waals surface area contributed by atoms with Crippen molar-refractivity contribution in [1.82, 2.24) is 10.3 Å². The Bertz CT molecular complexity index is 988. The lowest BCUT2D eigenvalue weighted by atomic mass is 10.0. The van der Waals surface area contributed by atoms with Crippen LogP contribution >= 0.6 is 0 Å². The van der Waals surface area contributed by atoms with Gasteiger partial charge in [-0.25, -0.2) is 0 Å². The van der Waals surface area contributed by atoms with Gasteiger partial charge in [-0.2, -0.15) is 0 Å². The van der Waals surface area contributed by atoms with Crippen LogP contribution in [0.5, 0.6) is 17.2 Å². The summed E-state index contributed by atoms with van der Waals surface area (Å²) in [5.41, 5.74) is 2.47. The number of Topliss-reactive ketones (excluding diaryl/α,β-unsaturated/α-hetero) is 1. The smallest absolute Gasteiger partial charge is 0.203 e. The lowest BCUT2D eigenvalue weighted by Crippen LogP contribution is -2.34. The average molecular weight is 382 g/mol. The van der Waals surface area contributed by atoms with Gasteiger partial charge >= 0.3 is 0 Å². The number of hydrogen-bond acceptors (Lipinski definition) is 6. The Balaban J connectivity index is 1.56. The first-order valence-corrected chi connectivity index (χ1v) is 8.93. The fourth-order valence-corrected chi connectivity index (χ4v) is 3.47. The van der Waals surface area contributed by atoms with E-state index in [1.807, 2.05) is 30.5 Å². The summed E-state index contributed by atoms with van der Waals surface area (Å²) in [6, 6.07) is 10.9. The van der Waals surface area contributed by atoms with Crippen molar-refractivity contribution >= 4 is 16.7 Å². The summed E-state index contributed by atoms with van der Waals surface area (Å²) in [6.45, 7) is 0.281. The van der Waals surface area contributed by atoms with Crippen LogP contribution in [0.4, 0.5) is 0 Å². The van der Waals surface area contributed by atoms with Crippen molar-refractivity contribution < 1.29 is 23.7 Å². The highest BCUT2D eigenvalue weighted by Crippen LogP contribution is 2.38. The number of ketones is 1. The minimum Gasteiger partial charge on any atom is -0.493 e. The molecule has 2 N–H and O–H groups in total. The van der Waals surface area contributed by atoms with Crippen LogP contribution in [0.1, 0.15) is 22.1 Å². The molecule has 0 radical (unpaired) electrons. The molecule has 1 aromatic heterocycles. The van der Waals surface area contributed by atoms with Crippen LogP contribution < -0.4 is 19.5 Å². The molecule has 4 rings (SSSR count). The third-order valence-electron chi connectivity index (χ3n) is 4.93. The van der Waals surface area contributed by atoms with Crippen molar-refractivity contribution in [3.63, 3.8) is 0 Å². The summed E-state index contributed by atoms with van der Waals surface area (Å²) < 4.78 is 21.8. The number of fused-ring (bicyclic) bond motifs is 1. The second-order valence-corrected chi connectivity index (χ2v) is 6.54. The molecule has 0 bridgehead atoms. The molecule has 1 aliphatic rings. The Morgan fingerprint density at radius 3 is 2.46 bits per heavy atom. The van der Waals surface area contributed by atoms with Gasteiger partial charge in [0, 0.05) is 17.3 Å².